The van der Waals surface area contributed by atoms with Crippen molar-refractivity contribution in [2.24, 2.45) is 0 Å². The Morgan fingerprint density at radius 1 is 1.42 bits per heavy atom. The molecule has 1 fully saturated rings. The first-order valence-electron chi connectivity index (χ1n) is 6.23. The van der Waals surface area contributed by atoms with Crippen molar-refractivity contribution in [2.45, 2.75) is 4.90 Å². The van der Waals surface area contributed by atoms with Gasteiger partial charge in [-0.2, -0.15) is 11.8 Å². The van der Waals surface area contributed by atoms with E-state index in [4.69, 9.17) is 0 Å². The monoisotopic (exact) mass is 360 g/mol. The predicted octanol–water partition coefficient (Wildman–Crippen LogP) is 2.52. The maximum absolute atomic E-state index is 12.0. The standard InChI is InChI=1S/C13H17BrN2OS2/c14-10-1-2-11(12(18)9-10)13(17)15-3-4-16-5-7-19-8-6-16/h1-2,9,18H,3-8H2,(H,15,17). The summed E-state index contributed by atoms with van der Waals surface area (Å²) in [7, 11) is 0. The summed E-state index contributed by atoms with van der Waals surface area (Å²) in [6.45, 7) is 3.85. The fourth-order valence-electron chi connectivity index (χ4n) is 1.94. The normalized spacial score (nSPS) is 16.3. The van der Waals surface area contributed by atoms with Gasteiger partial charge < -0.3 is 5.32 Å². The van der Waals surface area contributed by atoms with E-state index in [9.17, 15) is 4.79 Å². The van der Waals surface area contributed by atoms with Gasteiger partial charge in [-0.25, -0.2) is 0 Å². The van der Waals surface area contributed by atoms with Gasteiger partial charge in [0.05, 0.1) is 5.56 Å². The fraction of sp³-hybridized carbons (Fsp3) is 0.462. The van der Waals surface area contributed by atoms with Crippen LogP contribution < -0.4 is 5.32 Å². The number of rotatable bonds is 4. The number of nitrogens with zero attached hydrogens (tertiary/aromatic N) is 1. The molecule has 3 nitrogen and oxygen atoms in total. The molecule has 19 heavy (non-hydrogen) atoms. The Morgan fingerprint density at radius 2 is 2.16 bits per heavy atom. The van der Waals surface area contributed by atoms with Crippen LogP contribution in [0.4, 0.5) is 0 Å². The summed E-state index contributed by atoms with van der Waals surface area (Å²) < 4.78 is 0.930. The predicted molar refractivity (Wildman–Crippen MR) is 87.5 cm³/mol. The molecule has 0 aliphatic carbocycles. The summed E-state index contributed by atoms with van der Waals surface area (Å²) in [4.78, 5) is 15.1. The molecule has 104 valence electrons. The summed E-state index contributed by atoms with van der Waals surface area (Å²) >= 11 is 9.68. The molecule has 1 aromatic carbocycles. The molecule has 2 rings (SSSR count). The van der Waals surface area contributed by atoms with Gasteiger partial charge in [-0.15, -0.1) is 12.6 Å². The third-order valence-electron chi connectivity index (χ3n) is 3.02. The van der Waals surface area contributed by atoms with Crippen molar-refractivity contribution in [1.82, 2.24) is 10.2 Å². The molecule has 0 spiro atoms. The van der Waals surface area contributed by atoms with E-state index in [0.29, 0.717) is 17.0 Å². The molecular formula is C13H17BrN2OS2. The highest BCUT2D eigenvalue weighted by atomic mass is 79.9. The van der Waals surface area contributed by atoms with Crippen LogP contribution in [-0.4, -0.2) is 48.5 Å². The first-order chi connectivity index (χ1) is 9.16. The van der Waals surface area contributed by atoms with E-state index in [1.165, 1.54) is 11.5 Å². The Balaban J connectivity index is 1.80. The highest BCUT2D eigenvalue weighted by Gasteiger charge is 2.12. The van der Waals surface area contributed by atoms with Crippen LogP contribution in [0.5, 0.6) is 0 Å². The summed E-state index contributed by atoms with van der Waals surface area (Å²) in [6.07, 6.45) is 0. The average molecular weight is 361 g/mol. The Hall–Kier alpha value is -0.170. The second-order valence-electron chi connectivity index (χ2n) is 4.37. The van der Waals surface area contributed by atoms with Gasteiger partial charge in [0.2, 0.25) is 0 Å². The summed E-state index contributed by atoms with van der Waals surface area (Å²) in [6, 6.07) is 5.48. The Morgan fingerprint density at radius 3 is 2.84 bits per heavy atom. The molecule has 1 N–H and O–H groups in total. The number of halogens is 1. The van der Waals surface area contributed by atoms with Crippen LogP contribution in [0, 0.1) is 0 Å². The van der Waals surface area contributed by atoms with Crippen molar-refractivity contribution in [3.05, 3.63) is 28.2 Å². The zero-order valence-corrected chi connectivity index (χ0v) is 13.9. The molecule has 0 saturated carbocycles. The zero-order chi connectivity index (χ0) is 13.7. The second kappa shape index (κ2) is 7.57. The molecule has 1 amide bonds. The quantitative estimate of drug-likeness (QED) is 0.809. The molecule has 1 aromatic rings. The molecule has 0 bridgehead atoms. The Labute approximate surface area is 132 Å². The van der Waals surface area contributed by atoms with Crippen molar-refractivity contribution in [1.29, 1.82) is 0 Å². The molecule has 0 radical (unpaired) electrons. The number of nitrogens with one attached hydrogen (secondary N) is 1. The van der Waals surface area contributed by atoms with Crippen LogP contribution in [-0.2, 0) is 0 Å². The topological polar surface area (TPSA) is 32.3 Å². The highest BCUT2D eigenvalue weighted by Crippen LogP contribution is 2.19. The maximum atomic E-state index is 12.0. The minimum Gasteiger partial charge on any atom is -0.351 e. The van der Waals surface area contributed by atoms with Crippen molar-refractivity contribution < 1.29 is 4.79 Å². The third-order valence-corrected chi connectivity index (χ3v) is 4.83. The molecule has 6 heteroatoms. The highest BCUT2D eigenvalue weighted by molar-refractivity contribution is 9.10. The van der Waals surface area contributed by atoms with Crippen molar-refractivity contribution in [3.8, 4) is 0 Å². The lowest BCUT2D eigenvalue weighted by Gasteiger charge is -2.26. The van der Waals surface area contributed by atoms with Crippen molar-refractivity contribution in [3.63, 3.8) is 0 Å². The lowest BCUT2D eigenvalue weighted by molar-refractivity contribution is 0.0946. The minimum atomic E-state index is -0.0520. The van der Waals surface area contributed by atoms with E-state index in [2.05, 4.69) is 38.8 Å². The minimum absolute atomic E-state index is 0.0520. The molecule has 1 heterocycles. The third kappa shape index (κ3) is 4.70. The second-order valence-corrected chi connectivity index (χ2v) is 6.99. The van der Waals surface area contributed by atoms with Gasteiger partial charge >= 0.3 is 0 Å². The van der Waals surface area contributed by atoms with Crippen LogP contribution in [0.25, 0.3) is 0 Å². The smallest absolute Gasteiger partial charge is 0.252 e. The van der Waals surface area contributed by atoms with E-state index in [1.807, 2.05) is 23.9 Å². The number of thiol groups is 1. The average Bonchev–Trinajstić information content (AvgIpc) is 2.39. The Kier molecular flexibility index (Phi) is 6.06. The van der Waals surface area contributed by atoms with Crippen LogP contribution in [0.2, 0.25) is 0 Å². The first kappa shape index (κ1) is 15.2. The molecule has 0 aromatic heterocycles. The maximum Gasteiger partial charge on any atom is 0.252 e. The zero-order valence-electron chi connectivity index (χ0n) is 10.6. The molecule has 0 unspecified atom stereocenters. The summed E-state index contributed by atoms with van der Waals surface area (Å²) in [5.74, 6) is 2.34. The summed E-state index contributed by atoms with van der Waals surface area (Å²) in [5.41, 5.74) is 0.626. The number of benzene rings is 1. The largest absolute Gasteiger partial charge is 0.351 e. The van der Waals surface area contributed by atoms with E-state index in [1.54, 1.807) is 6.07 Å². The molecule has 1 saturated heterocycles. The van der Waals surface area contributed by atoms with E-state index < -0.39 is 0 Å². The van der Waals surface area contributed by atoms with Gasteiger partial charge in [-0.1, -0.05) is 15.9 Å². The molecule has 1 aliphatic rings. The van der Waals surface area contributed by atoms with Gasteiger partial charge in [-0.3, -0.25) is 9.69 Å². The number of hydrogen-bond acceptors (Lipinski definition) is 4. The van der Waals surface area contributed by atoms with Gasteiger partial charge in [-0.05, 0) is 18.2 Å². The molecule has 0 atom stereocenters. The number of thioether (sulfide) groups is 1. The van der Waals surface area contributed by atoms with E-state index in [0.717, 1.165) is 24.1 Å². The number of hydrogen-bond donors (Lipinski definition) is 2. The van der Waals surface area contributed by atoms with Crippen LogP contribution in [0.3, 0.4) is 0 Å². The van der Waals surface area contributed by atoms with Crippen molar-refractivity contribution >= 4 is 46.2 Å². The number of carbonyl (C=O) groups is 1. The van der Waals surface area contributed by atoms with Gasteiger partial charge in [0.25, 0.3) is 5.91 Å². The lowest BCUT2D eigenvalue weighted by atomic mass is 10.2. The van der Waals surface area contributed by atoms with Crippen LogP contribution in [0.1, 0.15) is 10.4 Å². The fourth-order valence-corrected chi connectivity index (χ4v) is 3.78. The van der Waals surface area contributed by atoms with E-state index >= 15 is 0 Å². The number of amides is 1. The van der Waals surface area contributed by atoms with Gasteiger partial charge in [0, 0.05) is 47.1 Å². The van der Waals surface area contributed by atoms with Crippen molar-refractivity contribution in [2.75, 3.05) is 37.7 Å². The number of carbonyl (C=O) groups excluding carboxylic acids is 1. The SMILES string of the molecule is O=C(NCCN1CCSCC1)c1ccc(Br)cc1S. The Bertz CT molecular complexity index is 450. The van der Waals surface area contributed by atoms with Gasteiger partial charge in [0.1, 0.15) is 0 Å². The molecule has 1 aliphatic heterocycles. The van der Waals surface area contributed by atoms with Crippen LogP contribution >= 0.6 is 40.3 Å². The molecular weight excluding hydrogens is 344 g/mol. The first-order valence-corrected chi connectivity index (χ1v) is 8.63. The summed E-state index contributed by atoms with van der Waals surface area (Å²) in [5, 5.41) is 2.95. The van der Waals surface area contributed by atoms with E-state index in [-0.39, 0.29) is 5.91 Å². The van der Waals surface area contributed by atoms with Gasteiger partial charge in [0.15, 0.2) is 0 Å². The lowest BCUT2D eigenvalue weighted by Crippen LogP contribution is -2.39. The van der Waals surface area contributed by atoms with Crippen LogP contribution in [0.15, 0.2) is 27.6 Å².